The Kier molecular flexibility index (Phi) is 5.23. The van der Waals surface area contributed by atoms with E-state index in [1.807, 2.05) is 6.07 Å². The maximum absolute atomic E-state index is 5.38. The minimum Gasteiger partial charge on any atom is -0.490 e. The molecule has 0 spiro atoms. The van der Waals surface area contributed by atoms with Gasteiger partial charge in [0, 0.05) is 18.9 Å². The van der Waals surface area contributed by atoms with E-state index in [1.165, 1.54) is 0 Å². The molecule has 80 valence electrons. The van der Waals surface area contributed by atoms with Crippen molar-refractivity contribution in [3.05, 3.63) is 24.0 Å². The van der Waals surface area contributed by atoms with E-state index in [4.69, 9.17) is 15.2 Å². The van der Waals surface area contributed by atoms with Crippen molar-refractivity contribution < 1.29 is 9.47 Å². The first-order valence-electron chi connectivity index (χ1n) is 4.62. The minimum atomic E-state index is 0.342. The number of methoxy groups -OCH3 is 1. The van der Waals surface area contributed by atoms with Crippen LogP contribution in [-0.4, -0.2) is 31.9 Å². The van der Waals surface area contributed by atoms with Crippen molar-refractivity contribution in [2.45, 2.75) is 0 Å². The summed E-state index contributed by atoms with van der Waals surface area (Å²) in [5, 5.41) is 0. The van der Waals surface area contributed by atoms with Gasteiger partial charge in [-0.2, -0.15) is 0 Å². The van der Waals surface area contributed by atoms with Crippen LogP contribution in [0.5, 0.6) is 5.75 Å². The number of rotatable bonds is 4. The maximum Gasteiger partial charge on any atom is 0.138 e. The van der Waals surface area contributed by atoms with Crippen LogP contribution in [0.2, 0.25) is 0 Å². The molecule has 1 rings (SSSR count). The molecule has 0 aromatic carbocycles. The van der Waals surface area contributed by atoms with E-state index < -0.39 is 0 Å². The highest BCUT2D eigenvalue weighted by Gasteiger charge is 1.95. The molecule has 0 amide bonds. The molecule has 0 bridgehead atoms. The number of hydrogen-bond donors (Lipinski definition) is 1. The number of nitrogens with two attached hydrogens (primary N) is 1. The van der Waals surface area contributed by atoms with Gasteiger partial charge in [0.05, 0.1) is 19.3 Å². The Bertz CT molecular complexity index is 355. The Balaban J connectivity index is 2.57. The first-order chi connectivity index (χ1) is 7.36. The van der Waals surface area contributed by atoms with Gasteiger partial charge in [-0.15, -0.1) is 0 Å². The van der Waals surface area contributed by atoms with Gasteiger partial charge < -0.3 is 15.2 Å². The Morgan fingerprint density at radius 3 is 3.00 bits per heavy atom. The lowest BCUT2D eigenvalue weighted by molar-refractivity contribution is 0.146. The fraction of sp³-hybridized carbons (Fsp3) is 0.364. The standard InChI is InChI=1S/C11H14N2O2/c1-14-5-6-15-11-7-10(3-2-4-12)8-13-9-11/h7-9H,4-6,12H2,1H3. The molecule has 0 unspecified atom stereocenters. The van der Waals surface area contributed by atoms with Gasteiger partial charge in [0.25, 0.3) is 0 Å². The van der Waals surface area contributed by atoms with Crippen molar-refractivity contribution in [1.29, 1.82) is 0 Å². The van der Waals surface area contributed by atoms with E-state index in [0.717, 1.165) is 5.56 Å². The van der Waals surface area contributed by atoms with Crippen LogP contribution in [0, 0.1) is 11.8 Å². The van der Waals surface area contributed by atoms with E-state index >= 15 is 0 Å². The molecule has 2 N–H and O–H groups in total. The number of hydrogen-bond acceptors (Lipinski definition) is 4. The molecule has 0 aliphatic rings. The van der Waals surface area contributed by atoms with Crippen molar-refractivity contribution in [2.75, 3.05) is 26.9 Å². The predicted molar refractivity (Wildman–Crippen MR) is 57.5 cm³/mol. The van der Waals surface area contributed by atoms with E-state index in [1.54, 1.807) is 19.5 Å². The first-order valence-corrected chi connectivity index (χ1v) is 4.62. The van der Waals surface area contributed by atoms with E-state index in [0.29, 0.717) is 25.5 Å². The summed E-state index contributed by atoms with van der Waals surface area (Å²) >= 11 is 0. The SMILES string of the molecule is COCCOc1cncc(C#CCN)c1. The van der Waals surface area contributed by atoms with Crippen LogP contribution in [0.15, 0.2) is 18.5 Å². The fourth-order valence-electron chi connectivity index (χ4n) is 0.962. The third-order valence-corrected chi connectivity index (χ3v) is 1.60. The minimum absolute atomic E-state index is 0.342. The lowest BCUT2D eigenvalue weighted by Gasteiger charge is -2.04. The number of ether oxygens (including phenoxy) is 2. The summed E-state index contributed by atoms with van der Waals surface area (Å²) in [5.74, 6) is 6.33. The number of nitrogens with zero attached hydrogens (tertiary/aromatic N) is 1. The molecule has 0 atom stereocenters. The average molecular weight is 206 g/mol. The van der Waals surface area contributed by atoms with Crippen molar-refractivity contribution in [2.24, 2.45) is 5.73 Å². The van der Waals surface area contributed by atoms with Gasteiger partial charge in [-0.05, 0) is 6.07 Å². The topological polar surface area (TPSA) is 57.4 Å². The van der Waals surface area contributed by atoms with E-state index in [9.17, 15) is 0 Å². The largest absolute Gasteiger partial charge is 0.490 e. The van der Waals surface area contributed by atoms with Gasteiger partial charge in [-0.1, -0.05) is 11.8 Å². The van der Waals surface area contributed by atoms with Gasteiger partial charge in [-0.25, -0.2) is 0 Å². The summed E-state index contributed by atoms with van der Waals surface area (Å²) in [5.41, 5.74) is 6.07. The first kappa shape index (κ1) is 11.5. The van der Waals surface area contributed by atoms with Crippen molar-refractivity contribution in [3.63, 3.8) is 0 Å². The Morgan fingerprint density at radius 1 is 1.40 bits per heavy atom. The van der Waals surface area contributed by atoms with Gasteiger partial charge in [-0.3, -0.25) is 4.98 Å². The third-order valence-electron chi connectivity index (χ3n) is 1.60. The van der Waals surface area contributed by atoms with Crippen LogP contribution in [0.4, 0.5) is 0 Å². The Labute approximate surface area is 89.4 Å². The maximum atomic E-state index is 5.38. The van der Waals surface area contributed by atoms with Crippen LogP contribution in [-0.2, 0) is 4.74 Å². The number of pyridine rings is 1. The highest BCUT2D eigenvalue weighted by Crippen LogP contribution is 2.09. The second kappa shape index (κ2) is 6.82. The van der Waals surface area contributed by atoms with Crippen LogP contribution in [0.1, 0.15) is 5.56 Å². The molecule has 0 saturated carbocycles. The summed E-state index contributed by atoms with van der Waals surface area (Å²) in [4.78, 5) is 4.01. The zero-order valence-electron chi connectivity index (χ0n) is 8.69. The van der Waals surface area contributed by atoms with Crippen LogP contribution in [0.25, 0.3) is 0 Å². The summed E-state index contributed by atoms with van der Waals surface area (Å²) in [7, 11) is 1.63. The van der Waals surface area contributed by atoms with Crippen LogP contribution in [0.3, 0.4) is 0 Å². The van der Waals surface area contributed by atoms with Crippen molar-refractivity contribution in [1.82, 2.24) is 4.98 Å². The molecule has 4 heteroatoms. The molecule has 0 radical (unpaired) electrons. The van der Waals surface area contributed by atoms with Gasteiger partial charge >= 0.3 is 0 Å². The summed E-state index contributed by atoms with van der Waals surface area (Å²) < 4.78 is 10.2. The normalized spacial score (nSPS) is 9.20. The predicted octanol–water partition coefficient (Wildman–Crippen LogP) is 0.417. The summed E-state index contributed by atoms with van der Waals surface area (Å²) in [6.45, 7) is 1.40. The second-order valence-electron chi connectivity index (χ2n) is 2.76. The van der Waals surface area contributed by atoms with Gasteiger partial charge in [0.1, 0.15) is 12.4 Å². The quantitative estimate of drug-likeness (QED) is 0.573. The second-order valence-corrected chi connectivity index (χ2v) is 2.76. The van der Waals surface area contributed by atoms with Crippen molar-refractivity contribution >= 4 is 0 Å². The zero-order chi connectivity index (χ0) is 10.9. The lowest BCUT2D eigenvalue weighted by Crippen LogP contribution is -2.04. The number of aromatic nitrogens is 1. The lowest BCUT2D eigenvalue weighted by atomic mass is 10.3. The molecular formula is C11H14N2O2. The molecule has 0 aliphatic heterocycles. The molecule has 4 nitrogen and oxygen atoms in total. The third kappa shape index (κ3) is 4.45. The van der Waals surface area contributed by atoms with Gasteiger partial charge in [0.2, 0.25) is 0 Å². The Hall–Kier alpha value is -1.57. The molecule has 0 fully saturated rings. The smallest absolute Gasteiger partial charge is 0.138 e. The molecule has 1 aromatic rings. The molecular weight excluding hydrogens is 192 g/mol. The fourth-order valence-corrected chi connectivity index (χ4v) is 0.962. The Morgan fingerprint density at radius 2 is 2.27 bits per heavy atom. The van der Waals surface area contributed by atoms with Gasteiger partial charge in [0.15, 0.2) is 0 Å². The molecule has 0 aliphatic carbocycles. The van der Waals surface area contributed by atoms with Crippen LogP contribution >= 0.6 is 0 Å². The molecule has 15 heavy (non-hydrogen) atoms. The molecule has 1 aromatic heterocycles. The summed E-state index contributed by atoms with van der Waals surface area (Å²) in [6.07, 6.45) is 3.31. The zero-order valence-corrected chi connectivity index (χ0v) is 8.69. The van der Waals surface area contributed by atoms with Crippen molar-refractivity contribution in [3.8, 4) is 17.6 Å². The summed E-state index contributed by atoms with van der Waals surface area (Å²) in [6, 6.07) is 1.82. The highest BCUT2D eigenvalue weighted by atomic mass is 16.5. The van der Waals surface area contributed by atoms with E-state index in [-0.39, 0.29) is 0 Å². The highest BCUT2D eigenvalue weighted by molar-refractivity contribution is 5.36. The average Bonchev–Trinajstić information content (AvgIpc) is 2.27. The molecule has 1 heterocycles. The molecule has 0 saturated heterocycles. The monoisotopic (exact) mass is 206 g/mol. The van der Waals surface area contributed by atoms with E-state index in [2.05, 4.69) is 16.8 Å². The van der Waals surface area contributed by atoms with Crippen LogP contribution < -0.4 is 10.5 Å².